The summed E-state index contributed by atoms with van der Waals surface area (Å²) >= 11 is 1.75. The second kappa shape index (κ2) is 7.73. The Morgan fingerprint density at radius 1 is 1.12 bits per heavy atom. The molecule has 0 saturated heterocycles. The van der Waals surface area contributed by atoms with Gasteiger partial charge in [-0.25, -0.2) is 9.97 Å². The molecule has 0 fully saturated rings. The van der Waals surface area contributed by atoms with Crippen LogP contribution in [0.5, 0.6) is 0 Å². The number of aromatic nitrogens is 2. The third-order valence-electron chi connectivity index (χ3n) is 4.10. The molecule has 1 N–H and O–H groups in total. The van der Waals surface area contributed by atoms with Crippen LogP contribution in [-0.2, 0) is 11.2 Å². The Morgan fingerprint density at radius 3 is 2.67 bits per heavy atom. The zero-order chi connectivity index (χ0) is 16.9. The van der Waals surface area contributed by atoms with E-state index in [1.54, 1.807) is 18.4 Å². The predicted octanol–water partition coefficient (Wildman–Crippen LogP) is 4.35. The fourth-order valence-electron chi connectivity index (χ4n) is 2.70. The Balaban J connectivity index is 1.93. The predicted molar refractivity (Wildman–Crippen MR) is 101 cm³/mol. The summed E-state index contributed by atoms with van der Waals surface area (Å²) in [5.41, 5.74) is 2.50. The summed E-state index contributed by atoms with van der Waals surface area (Å²) in [5, 5.41) is 4.64. The average Bonchev–Trinajstić information content (AvgIpc) is 2.87. The number of anilines is 1. The molecule has 0 bridgehead atoms. The van der Waals surface area contributed by atoms with E-state index in [4.69, 9.17) is 14.7 Å². The molecule has 0 amide bonds. The van der Waals surface area contributed by atoms with Crippen molar-refractivity contribution in [2.45, 2.75) is 26.7 Å². The number of nitrogens with zero attached hydrogens (tertiary/aromatic N) is 2. The van der Waals surface area contributed by atoms with Crippen LogP contribution in [0.25, 0.3) is 10.2 Å². The fourth-order valence-corrected chi connectivity index (χ4v) is 3.75. The minimum Gasteiger partial charge on any atom is -0.385 e. The standard InChI is InChI=1S/C19H23N3OS/c1-13-14(2)24-19-17(13)18(20-10-7-11-23-3)21-16(22-19)12-15-8-5-4-6-9-15/h4-6,8-9H,7,10-12H2,1-3H3,(H,20,21,22). The van der Waals surface area contributed by atoms with E-state index in [0.717, 1.165) is 47.9 Å². The molecule has 1 aromatic carbocycles. The van der Waals surface area contributed by atoms with Crippen molar-refractivity contribution >= 4 is 27.4 Å². The first-order chi connectivity index (χ1) is 11.7. The van der Waals surface area contributed by atoms with Crippen LogP contribution < -0.4 is 5.32 Å². The van der Waals surface area contributed by atoms with E-state index in [0.29, 0.717) is 0 Å². The summed E-state index contributed by atoms with van der Waals surface area (Å²) in [4.78, 5) is 12.0. The third kappa shape index (κ3) is 3.74. The molecule has 5 heteroatoms. The van der Waals surface area contributed by atoms with Crippen molar-refractivity contribution in [2.75, 3.05) is 25.6 Å². The maximum atomic E-state index is 5.13. The summed E-state index contributed by atoms with van der Waals surface area (Å²) in [6, 6.07) is 10.4. The van der Waals surface area contributed by atoms with E-state index in [1.807, 2.05) is 6.07 Å². The van der Waals surface area contributed by atoms with Crippen LogP contribution in [0.2, 0.25) is 0 Å². The van der Waals surface area contributed by atoms with Gasteiger partial charge in [0.25, 0.3) is 0 Å². The van der Waals surface area contributed by atoms with Gasteiger partial charge in [-0.05, 0) is 31.4 Å². The molecule has 0 aliphatic carbocycles. The summed E-state index contributed by atoms with van der Waals surface area (Å²) in [6.45, 7) is 5.89. The molecular weight excluding hydrogens is 318 g/mol. The van der Waals surface area contributed by atoms with Gasteiger partial charge in [-0.2, -0.15) is 0 Å². The highest BCUT2D eigenvalue weighted by molar-refractivity contribution is 7.18. The quantitative estimate of drug-likeness (QED) is 0.649. The molecule has 0 aliphatic rings. The lowest BCUT2D eigenvalue weighted by molar-refractivity contribution is 0.198. The lowest BCUT2D eigenvalue weighted by atomic mass is 10.1. The van der Waals surface area contributed by atoms with E-state index in [1.165, 1.54) is 16.0 Å². The summed E-state index contributed by atoms with van der Waals surface area (Å²) in [6.07, 6.45) is 1.71. The first-order valence-corrected chi connectivity index (χ1v) is 9.04. The van der Waals surface area contributed by atoms with Gasteiger partial charge in [0, 0.05) is 31.6 Å². The number of benzene rings is 1. The molecule has 0 unspecified atom stereocenters. The van der Waals surface area contributed by atoms with Gasteiger partial charge < -0.3 is 10.1 Å². The van der Waals surface area contributed by atoms with Crippen molar-refractivity contribution in [3.8, 4) is 0 Å². The number of rotatable bonds is 7. The number of aryl methyl sites for hydroxylation is 2. The van der Waals surface area contributed by atoms with Crippen LogP contribution in [-0.4, -0.2) is 30.2 Å². The van der Waals surface area contributed by atoms with Crippen molar-refractivity contribution in [1.82, 2.24) is 9.97 Å². The molecule has 0 aliphatic heterocycles. The summed E-state index contributed by atoms with van der Waals surface area (Å²) in [5.74, 6) is 1.81. The van der Waals surface area contributed by atoms with Gasteiger partial charge in [0.15, 0.2) is 0 Å². The van der Waals surface area contributed by atoms with E-state index in [9.17, 15) is 0 Å². The molecular formula is C19H23N3OS. The molecule has 24 heavy (non-hydrogen) atoms. The largest absolute Gasteiger partial charge is 0.385 e. The van der Waals surface area contributed by atoms with Crippen LogP contribution in [0.1, 0.15) is 28.2 Å². The molecule has 2 aromatic heterocycles. The molecule has 0 atom stereocenters. The van der Waals surface area contributed by atoms with Gasteiger partial charge in [0.05, 0.1) is 5.39 Å². The van der Waals surface area contributed by atoms with Crippen molar-refractivity contribution in [1.29, 1.82) is 0 Å². The topological polar surface area (TPSA) is 47.0 Å². The third-order valence-corrected chi connectivity index (χ3v) is 5.20. The second-order valence-corrected chi connectivity index (χ2v) is 7.09. The van der Waals surface area contributed by atoms with Gasteiger partial charge in [0.1, 0.15) is 16.5 Å². The van der Waals surface area contributed by atoms with Gasteiger partial charge in [-0.1, -0.05) is 30.3 Å². The zero-order valence-electron chi connectivity index (χ0n) is 14.4. The van der Waals surface area contributed by atoms with E-state index in [-0.39, 0.29) is 0 Å². The molecule has 3 aromatic rings. The Hall–Kier alpha value is -1.98. The Morgan fingerprint density at radius 2 is 1.92 bits per heavy atom. The van der Waals surface area contributed by atoms with Crippen LogP contribution in [0, 0.1) is 13.8 Å². The molecule has 126 valence electrons. The smallest absolute Gasteiger partial charge is 0.138 e. The van der Waals surface area contributed by atoms with Crippen LogP contribution in [0.3, 0.4) is 0 Å². The molecule has 2 heterocycles. The fraction of sp³-hybridized carbons (Fsp3) is 0.368. The van der Waals surface area contributed by atoms with Gasteiger partial charge in [-0.3, -0.25) is 0 Å². The van der Waals surface area contributed by atoms with Crippen LogP contribution in [0.4, 0.5) is 5.82 Å². The maximum Gasteiger partial charge on any atom is 0.138 e. The van der Waals surface area contributed by atoms with Crippen molar-refractivity contribution < 1.29 is 4.74 Å². The Bertz CT molecular complexity index is 814. The number of hydrogen-bond donors (Lipinski definition) is 1. The Kier molecular flexibility index (Phi) is 5.43. The van der Waals surface area contributed by atoms with E-state index in [2.05, 4.69) is 43.4 Å². The second-order valence-electron chi connectivity index (χ2n) is 5.89. The summed E-state index contributed by atoms with van der Waals surface area (Å²) in [7, 11) is 1.73. The van der Waals surface area contributed by atoms with Gasteiger partial charge in [0.2, 0.25) is 0 Å². The summed E-state index contributed by atoms with van der Waals surface area (Å²) < 4.78 is 5.13. The van der Waals surface area contributed by atoms with Crippen molar-refractivity contribution in [3.05, 3.63) is 52.2 Å². The van der Waals surface area contributed by atoms with Gasteiger partial charge in [-0.15, -0.1) is 11.3 Å². The van der Waals surface area contributed by atoms with E-state index >= 15 is 0 Å². The molecule has 3 rings (SSSR count). The molecule has 0 saturated carbocycles. The maximum absolute atomic E-state index is 5.13. The van der Waals surface area contributed by atoms with Gasteiger partial charge >= 0.3 is 0 Å². The van der Waals surface area contributed by atoms with Crippen LogP contribution in [0.15, 0.2) is 30.3 Å². The number of thiophene rings is 1. The number of methoxy groups -OCH3 is 1. The SMILES string of the molecule is COCCCNc1nc(Cc2ccccc2)nc2sc(C)c(C)c12. The minimum absolute atomic E-state index is 0.750. The van der Waals surface area contributed by atoms with Crippen molar-refractivity contribution in [2.24, 2.45) is 0 Å². The average molecular weight is 341 g/mol. The highest BCUT2D eigenvalue weighted by Crippen LogP contribution is 2.33. The molecule has 4 nitrogen and oxygen atoms in total. The first kappa shape index (κ1) is 16.9. The van der Waals surface area contributed by atoms with E-state index < -0.39 is 0 Å². The lowest BCUT2D eigenvalue weighted by Gasteiger charge is -2.10. The minimum atomic E-state index is 0.750. The van der Waals surface area contributed by atoms with Crippen molar-refractivity contribution in [3.63, 3.8) is 0 Å². The highest BCUT2D eigenvalue weighted by atomic mass is 32.1. The number of hydrogen-bond acceptors (Lipinski definition) is 5. The Labute approximate surface area is 146 Å². The van der Waals surface area contributed by atoms with Crippen LogP contribution >= 0.6 is 11.3 Å². The molecule has 0 spiro atoms. The normalized spacial score (nSPS) is 11.1. The monoisotopic (exact) mass is 341 g/mol. The number of ether oxygens (including phenoxy) is 1. The number of nitrogens with one attached hydrogen (secondary N) is 1. The lowest BCUT2D eigenvalue weighted by Crippen LogP contribution is -2.08. The molecule has 0 radical (unpaired) electrons. The first-order valence-electron chi connectivity index (χ1n) is 8.22. The zero-order valence-corrected chi connectivity index (χ0v) is 15.2. The number of fused-ring (bicyclic) bond motifs is 1. The highest BCUT2D eigenvalue weighted by Gasteiger charge is 2.14.